The summed E-state index contributed by atoms with van der Waals surface area (Å²) in [5, 5.41) is 9.03. The van der Waals surface area contributed by atoms with Crippen LogP contribution in [-0.2, 0) is 17.7 Å². The van der Waals surface area contributed by atoms with Crippen molar-refractivity contribution in [3.05, 3.63) is 94.9 Å². The van der Waals surface area contributed by atoms with Gasteiger partial charge in [-0.05, 0) is 49.6 Å². The Bertz CT molecular complexity index is 1190. The Morgan fingerprint density at radius 3 is 2.30 bits per heavy atom. The molecule has 30 heavy (non-hydrogen) atoms. The molecule has 0 aliphatic heterocycles. The molecule has 0 spiro atoms. The molecule has 2 aromatic carbocycles. The van der Waals surface area contributed by atoms with Crippen molar-refractivity contribution < 1.29 is 4.74 Å². The van der Waals surface area contributed by atoms with Crippen molar-refractivity contribution in [2.75, 3.05) is 13.7 Å². The zero-order valence-corrected chi connectivity index (χ0v) is 17.8. The number of methoxy groups -OCH3 is 1. The van der Waals surface area contributed by atoms with E-state index < -0.39 is 0 Å². The number of rotatable bonds is 7. The van der Waals surface area contributed by atoms with Gasteiger partial charge in [0, 0.05) is 19.0 Å². The molecule has 0 aliphatic carbocycles. The third kappa shape index (κ3) is 4.07. The fourth-order valence-electron chi connectivity index (χ4n) is 3.97. The Hall–Kier alpha value is -3.18. The molecular weight excluding hydrogens is 372 g/mol. The fourth-order valence-corrected chi connectivity index (χ4v) is 3.97. The first-order valence-corrected chi connectivity index (χ1v) is 10.3. The predicted octanol–water partition coefficient (Wildman–Crippen LogP) is 4.41. The largest absolute Gasteiger partial charge is 0.383 e. The molecule has 1 N–H and O–H groups in total. The number of benzene rings is 2. The second-order valence-corrected chi connectivity index (χ2v) is 7.88. The predicted molar refractivity (Wildman–Crippen MR) is 120 cm³/mol. The van der Waals surface area contributed by atoms with Crippen LogP contribution in [0.25, 0.3) is 11.0 Å². The summed E-state index contributed by atoms with van der Waals surface area (Å²) in [5.74, 6) is 0. The summed E-state index contributed by atoms with van der Waals surface area (Å²) >= 11 is 0. The third-order valence-corrected chi connectivity index (χ3v) is 5.55. The van der Waals surface area contributed by atoms with E-state index in [1.54, 1.807) is 7.11 Å². The average molecular weight is 401 g/mol. The van der Waals surface area contributed by atoms with Gasteiger partial charge in [0.25, 0.3) is 0 Å². The SMILES string of the molecule is COC[C@H](Cc1ccc(C)cc1)n1c(=N)n(Cc2ccc(C)nc2)c2ccccc21. The van der Waals surface area contributed by atoms with Gasteiger partial charge in [-0.2, -0.15) is 0 Å². The van der Waals surface area contributed by atoms with Crippen LogP contribution in [-0.4, -0.2) is 27.8 Å². The van der Waals surface area contributed by atoms with Crippen LogP contribution in [0.2, 0.25) is 0 Å². The number of fused-ring (bicyclic) bond motifs is 1. The van der Waals surface area contributed by atoms with Crippen molar-refractivity contribution in [2.24, 2.45) is 0 Å². The van der Waals surface area contributed by atoms with E-state index in [0.717, 1.165) is 28.7 Å². The molecule has 0 aliphatic rings. The van der Waals surface area contributed by atoms with Crippen LogP contribution in [0.5, 0.6) is 0 Å². The number of para-hydroxylation sites is 2. The van der Waals surface area contributed by atoms with Gasteiger partial charge < -0.3 is 13.9 Å². The lowest BCUT2D eigenvalue weighted by Gasteiger charge is -2.19. The Labute approximate surface area is 177 Å². The monoisotopic (exact) mass is 400 g/mol. The van der Waals surface area contributed by atoms with Crippen molar-refractivity contribution in [3.8, 4) is 0 Å². The van der Waals surface area contributed by atoms with E-state index in [-0.39, 0.29) is 6.04 Å². The molecule has 0 fully saturated rings. The van der Waals surface area contributed by atoms with E-state index in [4.69, 9.17) is 10.1 Å². The van der Waals surface area contributed by atoms with Gasteiger partial charge in [0.1, 0.15) is 0 Å². The lowest BCUT2D eigenvalue weighted by molar-refractivity contribution is 0.154. The van der Waals surface area contributed by atoms with E-state index in [2.05, 4.69) is 63.5 Å². The Morgan fingerprint density at radius 1 is 0.933 bits per heavy atom. The third-order valence-electron chi connectivity index (χ3n) is 5.55. The number of imidazole rings is 1. The first kappa shape index (κ1) is 20.1. The summed E-state index contributed by atoms with van der Waals surface area (Å²) in [5.41, 5.74) is 7.16. The van der Waals surface area contributed by atoms with Gasteiger partial charge in [-0.15, -0.1) is 0 Å². The minimum absolute atomic E-state index is 0.0347. The van der Waals surface area contributed by atoms with E-state index in [9.17, 15) is 0 Å². The van der Waals surface area contributed by atoms with Crippen LogP contribution in [0.4, 0.5) is 0 Å². The molecule has 4 rings (SSSR count). The number of ether oxygens (including phenoxy) is 1. The zero-order chi connectivity index (χ0) is 21.1. The number of pyridine rings is 1. The minimum Gasteiger partial charge on any atom is -0.383 e. The molecule has 4 aromatic rings. The number of hydrogen-bond donors (Lipinski definition) is 1. The normalized spacial score (nSPS) is 12.4. The van der Waals surface area contributed by atoms with Crippen LogP contribution < -0.4 is 5.62 Å². The van der Waals surface area contributed by atoms with Gasteiger partial charge >= 0.3 is 0 Å². The van der Waals surface area contributed by atoms with Crippen LogP contribution in [0.15, 0.2) is 66.9 Å². The Morgan fingerprint density at radius 2 is 1.63 bits per heavy atom. The first-order valence-electron chi connectivity index (χ1n) is 10.3. The molecular formula is C25H28N4O. The van der Waals surface area contributed by atoms with Crippen molar-refractivity contribution in [3.63, 3.8) is 0 Å². The highest BCUT2D eigenvalue weighted by atomic mass is 16.5. The second kappa shape index (κ2) is 8.67. The number of hydrogen-bond acceptors (Lipinski definition) is 3. The fraction of sp³-hybridized carbons (Fsp3) is 0.280. The molecule has 154 valence electrons. The summed E-state index contributed by atoms with van der Waals surface area (Å²) in [4.78, 5) is 4.42. The van der Waals surface area contributed by atoms with E-state index in [1.165, 1.54) is 11.1 Å². The summed E-state index contributed by atoms with van der Waals surface area (Å²) < 4.78 is 9.74. The first-order chi connectivity index (χ1) is 14.6. The topological polar surface area (TPSA) is 55.8 Å². The summed E-state index contributed by atoms with van der Waals surface area (Å²) in [6.45, 7) is 5.24. The lowest BCUT2D eigenvalue weighted by atomic mass is 10.0. The highest BCUT2D eigenvalue weighted by molar-refractivity contribution is 5.76. The maximum absolute atomic E-state index is 9.03. The smallest absolute Gasteiger partial charge is 0.203 e. The number of nitrogens with one attached hydrogen (secondary N) is 1. The van der Waals surface area contributed by atoms with Gasteiger partial charge in [-0.1, -0.05) is 48.0 Å². The average Bonchev–Trinajstić information content (AvgIpc) is 3.02. The number of aromatic nitrogens is 3. The molecule has 2 heterocycles. The van der Waals surface area contributed by atoms with Crippen LogP contribution in [0, 0.1) is 19.3 Å². The van der Waals surface area contributed by atoms with Gasteiger partial charge in [-0.3, -0.25) is 10.4 Å². The quantitative estimate of drug-likeness (QED) is 0.499. The highest BCUT2D eigenvalue weighted by Crippen LogP contribution is 2.22. The van der Waals surface area contributed by atoms with E-state index in [1.807, 2.05) is 31.3 Å². The molecule has 0 amide bonds. The van der Waals surface area contributed by atoms with Crippen molar-refractivity contribution in [1.82, 2.24) is 14.1 Å². The summed E-state index contributed by atoms with van der Waals surface area (Å²) in [6, 6.07) is 21.0. The van der Waals surface area contributed by atoms with E-state index >= 15 is 0 Å². The van der Waals surface area contributed by atoms with E-state index in [0.29, 0.717) is 18.8 Å². The molecule has 5 nitrogen and oxygen atoms in total. The highest BCUT2D eigenvalue weighted by Gasteiger charge is 2.19. The van der Waals surface area contributed by atoms with Crippen molar-refractivity contribution in [2.45, 2.75) is 32.9 Å². The van der Waals surface area contributed by atoms with Crippen molar-refractivity contribution in [1.29, 1.82) is 5.41 Å². The van der Waals surface area contributed by atoms with Gasteiger partial charge in [0.2, 0.25) is 5.62 Å². The maximum atomic E-state index is 9.03. The molecule has 5 heteroatoms. The van der Waals surface area contributed by atoms with Crippen LogP contribution in [0.3, 0.4) is 0 Å². The second-order valence-electron chi connectivity index (χ2n) is 7.88. The molecule has 0 saturated carbocycles. The van der Waals surface area contributed by atoms with Crippen LogP contribution >= 0.6 is 0 Å². The van der Waals surface area contributed by atoms with Crippen molar-refractivity contribution >= 4 is 11.0 Å². The number of aryl methyl sites for hydroxylation is 2. The Balaban J connectivity index is 1.78. The number of nitrogens with zero attached hydrogens (tertiary/aromatic N) is 3. The molecule has 0 unspecified atom stereocenters. The molecule has 0 radical (unpaired) electrons. The lowest BCUT2D eigenvalue weighted by Crippen LogP contribution is -2.31. The van der Waals surface area contributed by atoms with Crippen LogP contribution in [0.1, 0.15) is 28.4 Å². The standard InChI is InChI=1S/C25H28N4O/c1-18-8-11-20(12-9-18)14-22(17-30-3)29-24-7-5-4-6-23(24)28(25(29)26)16-21-13-10-19(2)27-15-21/h4-13,15,22,26H,14,16-17H2,1-3H3/t22-/m0/s1. The minimum atomic E-state index is 0.0347. The van der Waals surface area contributed by atoms with Gasteiger partial charge in [-0.25, -0.2) is 0 Å². The summed E-state index contributed by atoms with van der Waals surface area (Å²) in [6.07, 6.45) is 2.71. The molecule has 2 aromatic heterocycles. The molecule has 0 bridgehead atoms. The zero-order valence-electron chi connectivity index (χ0n) is 17.8. The summed E-state index contributed by atoms with van der Waals surface area (Å²) in [7, 11) is 1.73. The van der Waals surface area contributed by atoms with Gasteiger partial charge in [0.15, 0.2) is 0 Å². The Kier molecular flexibility index (Phi) is 5.81. The maximum Gasteiger partial charge on any atom is 0.203 e. The van der Waals surface area contributed by atoms with Gasteiger partial charge in [0.05, 0.1) is 30.2 Å². The molecule has 0 saturated heterocycles. The molecule has 1 atom stereocenters.